The first-order chi connectivity index (χ1) is 15.7. The Hall–Kier alpha value is -1.59. The molecule has 33 heavy (non-hydrogen) atoms. The summed E-state index contributed by atoms with van der Waals surface area (Å²) in [6.45, 7) is 8.66. The molecule has 8 nitrogen and oxygen atoms in total. The van der Waals surface area contributed by atoms with E-state index in [9.17, 15) is 17.2 Å². The summed E-state index contributed by atoms with van der Waals surface area (Å²) in [7, 11) is -3.25. The minimum absolute atomic E-state index is 0.141. The second kappa shape index (κ2) is 8.57. The molecule has 3 fully saturated rings. The van der Waals surface area contributed by atoms with Gasteiger partial charge in [-0.3, -0.25) is 0 Å². The Morgan fingerprint density at radius 2 is 1.88 bits per heavy atom. The Morgan fingerprint density at radius 3 is 2.55 bits per heavy atom. The number of nitrogens with zero attached hydrogens (tertiary/aromatic N) is 4. The van der Waals surface area contributed by atoms with Gasteiger partial charge in [0.2, 0.25) is 16.0 Å². The van der Waals surface area contributed by atoms with Gasteiger partial charge in [0.1, 0.15) is 11.5 Å². The van der Waals surface area contributed by atoms with Gasteiger partial charge in [-0.1, -0.05) is 13.8 Å². The van der Waals surface area contributed by atoms with Gasteiger partial charge in [-0.25, -0.2) is 13.4 Å². The number of hydrogen-bond donors (Lipinski definition) is 2. The van der Waals surface area contributed by atoms with Gasteiger partial charge < -0.3 is 15.5 Å². The fourth-order valence-electron chi connectivity index (χ4n) is 5.56. The van der Waals surface area contributed by atoms with Crippen LogP contribution in [-0.2, 0) is 22.4 Å². The summed E-state index contributed by atoms with van der Waals surface area (Å²) in [5, 5.41) is 6.32. The molecule has 0 spiro atoms. The summed E-state index contributed by atoms with van der Waals surface area (Å²) >= 11 is 0. The van der Waals surface area contributed by atoms with Gasteiger partial charge in [-0.2, -0.15) is 18.1 Å². The zero-order valence-electron chi connectivity index (χ0n) is 19.4. The van der Waals surface area contributed by atoms with Gasteiger partial charge in [0, 0.05) is 57.8 Å². The number of aromatic nitrogens is 2. The Bertz CT molecular complexity index is 987. The number of nitrogens with one attached hydrogen (secondary N) is 2. The summed E-state index contributed by atoms with van der Waals surface area (Å²) < 4.78 is 56.3. The lowest BCUT2D eigenvalue weighted by Crippen LogP contribution is -2.47. The summed E-state index contributed by atoms with van der Waals surface area (Å²) in [5.41, 5.74) is 0.415. The Balaban J connectivity index is 1.28. The quantitative estimate of drug-likeness (QED) is 0.582. The van der Waals surface area contributed by atoms with Gasteiger partial charge in [-0.15, -0.1) is 0 Å². The van der Waals surface area contributed by atoms with Gasteiger partial charge >= 0.3 is 0 Å². The van der Waals surface area contributed by atoms with Crippen molar-refractivity contribution in [2.24, 2.45) is 23.7 Å². The molecule has 1 aromatic rings. The van der Waals surface area contributed by atoms with Crippen LogP contribution in [0.2, 0.25) is 0 Å². The highest BCUT2D eigenvalue weighted by Gasteiger charge is 2.58. The first kappa shape index (κ1) is 23.2. The van der Waals surface area contributed by atoms with Crippen LogP contribution < -0.4 is 15.5 Å². The van der Waals surface area contributed by atoms with Crippen molar-refractivity contribution >= 4 is 21.8 Å². The number of hydrogen-bond acceptors (Lipinski definition) is 7. The molecule has 3 atom stereocenters. The molecule has 4 aliphatic rings. The standard InChI is InChI=1S/C22H34F2N6O2S/c1-14(2)4-6-26-21-27-19-15(3-5-22(19,23)24)20(28-21)29-11-16-17(12-29)18(16)13-33(31,32)30-9-7-25-8-10-30/h14,16-18,25H,3-13H2,1-2H3,(H,26,27,28)/t16-,17+,18?. The molecule has 0 amide bonds. The van der Waals surface area contributed by atoms with Crippen LogP contribution in [0.25, 0.3) is 0 Å². The third-order valence-electron chi connectivity index (χ3n) is 7.57. The van der Waals surface area contributed by atoms with E-state index in [1.54, 1.807) is 4.31 Å². The van der Waals surface area contributed by atoms with E-state index < -0.39 is 15.9 Å². The zero-order valence-corrected chi connectivity index (χ0v) is 20.2. The van der Waals surface area contributed by atoms with E-state index in [0.29, 0.717) is 63.1 Å². The fraction of sp³-hybridized carbons (Fsp3) is 0.818. The monoisotopic (exact) mass is 484 g/mol. The molecule has 184 valence electrons. The van der Waals surface area contributed by atoms with E-state index in [4.69, 9.17) is 0 Å². The number of halogens is 2. The van der Waals surface area contributed by atoms with Crippen LogP contribution >= 0.6 is 0 Å². The molecule has 2 saturated heterocycles. The third-order valence-corrected chi connectivity index (χ3v) is 9.53. The van der Waals surface area contributed by atoms with Crippen LogP contribution in [0.5, 0.6) is 0 Å². The predicted molar refractivity (Wildman–Crippen MR) is 123 cm³/mol. The van der Waals surface area contributed by atoms with Crippen molar-refractivity contribution in [3.05, 3.63) is 11.3 Å². The molecule has 3 heterocycles. The smallest absolute Gasteiger partial charge is 0.290 e. The highest BCUT2D eigenvalue weighted by Crippen LogP contribution is 2.54. The van der Waals surface area contributed by atoms with Crippen molar-refractivity contribution in [1.29, 1.82) is 0 Å². The molecular formula is C22H34F2N6O2S. The van der Waals surface area contributed by atoms with Crippen molar-refractivity contribution in [1.82, 2.24) is 19.6 Å². The normalized spacial score (nSPS) is 28.8. The van der Waals surface area contributed by atoms with E-state index in [-0.39, 0.29) is 48.0 Å². The molecule has 0 aromatic carbocycles. The minimum atomic E-state index is -3.25. The molecule has 5 rings (SSSR count). The van der Waals surface area contributed by atoms with Crippen molar-refractivity contribution in [3.63, 3.8) is 0 Å². The Kier molecular flexibility index (Phi) is 6.01. The first-order valence-electron chi connectivity index (χ1n) is 12.1. The number of fused-ring (bicyclic) bond motifs is 2. The summed E-state index contributed by atoms with van der Waals surface area (Å²) in [5.74, 6) is -0.638. The van der Waals surface area contributed by atoms with Gasteiger partial charge in [0.25, 0.3) is 5.92 Å². The molecule has 2 aliphatic heterocycles. The second-order valence-corrected chi connectivity index (χ2v) is 12.3. The van der Waals surface area contributed by atoms with E-state index in [2.05, 4.69) is 39.3 Å². The maximum atomic E-state index is 14.5. The molecule has 1 aromatic heterocycles. The lowest BCUT2D eigenvalue weighted by Gasteiger charge is -2.28. The van der Waals surface area contributed by atoms with Crippen LogP contribution in [0.1, 0.15) is 37.9 Å². The maximum Gasteiger partial charge on any atom is 0.290 e. The van der Waals surface area contributed by atoms with Gasteiger partial charge in [-0.05, 0) is 36.5 Å². The maximum absolute atomic E-state index is 14.5. The van der Waals surface area contributed by atoms with E-state index in [1.807, 2.05) is 0 Å². The number of rotatable bonds is 8. The molecular weight excluding hydrogens is 450 g/mol. The van der Waals surface area contributed by atoms with Crippen LogP contribution in [0.3, 0.4) is 0 Å². The lowest BCUT2D eigenvalue weighted by atomic mass is 10.1. The van der Waals surface area contributed by atoms with Gasteiger partial charge in [0.05, 0.1) is 5.75 Å². The fourth-order valence-corrected chi connectivity index (χ4v) is 7.49. The predicted octanol–water partition coefficient (Wildman–Crippen LogP) is 1.89. The van der Waals surface area contributed by atoms with Crippen LogP contribution in [0.4, 0.5) is 20.5 Å². The van der Waals surface area contributed by atoms with Crippen molar-refractivity contribution in [3.8, 4) is 0 Å². The Labute approximate surface area is 194 Å². The average molecular weight is 485 g/mol. The van der Waals surface area contributed by atoms with Gasteiger partial charge in [0.15, 0.2) is 0 Å². The van der Waals surface area contributed by atoms with E-state index >= 15 is 0 Å². The lowest BCUT2D eigenvalue weighted by molar-refractivity contribution is -0.00587. The van der Waals surface area contributed by atoms with E-state index in [1.165, 1.54) is 0 Å². The number of anilines is 2. The Morgan fingerprint density at radius 1 is 1.18 bits per heavy atom. The molecule has 2 aliphatic carbocycles. The van der Waals surface area contributed by atoms with E-state index in [0.717, 1.165) is 6.42 Å². The van der Waals surface area contributed by atoms with Crippen molar-refractivity contribution in [2.45, 2.75) is 39.0 Å². The molecule has 1 saturated carbocycles. The van der Waals surface area contributed by atoms with Crippen molar-refractivity contribution in [2.75, 3.05) is 61.8 Å². The average Bonchev–Trinajstić information content (AvgIpc) is 3.09. The van der Waals surface area contributed by atoms with Crippen LogP contribution in [0.15, 0.2) is 0 Å². The number of piperazine rings is 1. The molecule has 2 N–H and O–H groups in total. The second-order valence-electron chi connectivity index (χ2n) is 10.3. The number of sulfonamides is 1. The zero-order chi connectivity index (χ0) is 23.4. The molecule has 1 unspecified atom stereocenters. The topological polar surface area (TPSA) is 90.5 Å². The highest BCUT2D eigenvalue weighted by atomic mass is 32.2. The number of alkyl halides is 2. The molecule has 0 radical (unpaired) electrons. The third kappa shape index (κ3) is 4.55. The SMILES string of the molecule is CC(C)CCNc1nc(N2C[C@@H]3C(CS(=O)(=O)N4CCNCC4)[C@@H]3C2)c2c(n1)C(F)(F)CC2. The highest BCUT2D eigenvalue weighted by molar-refractivity contribution is 7.89. The summed E-state index contributed by atoms with van der Waals surface area (Å²) in [6.07, 6.45) is 0.950. The molecule has 0 bridgehead atoms. The number of piperidine rings is 1. The first-order valence-corrected chi connectivity index (χ1v) is 13.7. The summed E-state index contributed by atoms with van der Waals surface area (Å²) in [4.78, 5) is 10.9. The summed E-state index contributed by atoms with van der Waals surface area (Å²) in [6, 6.07) is 0. The van der Waals surface area contributed by atoms with Crippen LogP contribution in [-0.4, -0.2) is 74.3 Å². The largest absolute Gasteiger partial charge is 0.356 e. The van der Waals surface area contributed by atoms with Crippen LogP contribution in [0, 0.1) is 23.7 Å². The minimum Gasteiger partial charge on any atom is -0.356 e. The van der Waals surface area contributed by atoms with Crippen molar-refractivity contribution < 1.29 is 17.2 Å². The molecule has 11 heteroatoms.